The van der Waals surface area contributed by atoms with E-state index in [-0.39, 0.29) is 11.7 Å². The minimum absolute atomic E-state index is 0.0516. The molecule has 0 saturated carbocycles. The normalized spacial score (nSPS) is 10.9. The molecule has 0 aliphatic heterocycles. The van der Waals surface area contributed by atoms with Crippen LogP contribution in [0.25, 0.3) is 4.95 Å². The van der Waals surface area contributed by atoms with E-state index in [2.05, 4.69) is 25.9 Å². The average Bonchev–Trinajstić information content (AvgIpc) is 2.93. The lowest BCUT2D eigenvalue weighted by Crippen LogP contribution is -2.48. The highest BCUT2D eigenvalue weighted by atomic mass is 16.5. The van der Waals surface area contributed by atoms with Crippen LogP contribution in [0.4, 0.5) is 0 Å². The van der Waals surface area contributed by atoms with Gasteiger partial charge in [0, 0.05) is 14.1 Å². The molecule has 0 spiro atoms. The molecule has 0 atom stereocenters. The van der Waals surface area contributed by atoms with Gasteiger partial charge in [-0.1, -0.05) is 0 Å². The van der Waals surface area contributed by atoms with Crippen LogP contribution in [0.3, 0.4) is 0 Å². The largest absolute Gasteiger partial charge is 0.497 e. The van der Waals surface area contributed by atoms with Gasteiger partial charge in [-0.3, -0.25) is 30.5 Å². The molecule has 14 nitrogen and oxygen atoms in total. The Balaban J connectivity index is 2.17. The maximum atomic E-state index is 12.7. The monoisotopic (exact) mass is 536 g/mol. The smallest absolute Gasteiger partial charge is 0.248 e. The summed E-state index contributed by atoms with van der Waals surface area (Å²) in [5, 5.41) is 15.4. The summed E-state index contributed by atoms with van der Waals surface area (Å²) in [6.45, 7) is 7.18. The van der Waals surface area contributed by atoms with E-state index in [4.69, 9.17) is 25.5 Å². The van der Waals surface area contributed by atoms with E-state index in [9.17, 15) is 14.9 Å². The number of ether oxygens (including phenoxy) is 4. The van der Waals surface area contributed by atoms with Gasteiger partial charge in [0.25, 0.3) is 0 Å². The number of carbonyl (C=O) groups excluding carboxylic acids is 2. The zero-order chi connectivity index (χ0) is 28.9. The first-order valence-corrected chi connectivity index (χ1v) is 11.1. The van der Waals surface area contributed by atoms with Crippen LogP contribution in [0, 0.1) is 18.0 Å². The number of methoxy groups -OCH3 is 4. The second kappa shape index (κ2) is 14.3. The molecule has 39 heavy (non-hydrogen) atoms. The minimum Gasteiger partial charge on any atom is -0.497 e. The number of hydrogen-bond acceptors (Lipinski definition) is 9. The highest BCUT2D eigenvalue weighted by Gasteiger charge is 2.23. The van der Waals surface area contributed by atoms with Crippen LogP contribution in [0.5, 0.6) is 23.0 Å². The van der Waals surface area contributed by atoms with Crippen LogP contribution in [0.2, 0.25) is 0 Å². The van der Waals surface area contributed by atoms with Crippen molar-refractivity contribution in [3.63, 3.8) is 0 Å². The topological polar surface area (TPSA) is 154 Å². The number of benzene rings is 2. The molecule has 0 fully saturated rings. The van der Waals surface area contributed by atoms with E-state index in [1.165, 1.54) is 52.6 Å². The maximum absolute atomic E-state index is 12.7. The molecule has 0 radical (unpaired) electrons. The number of carbonyl (C=O) groups is 2. The molecule has 0 aliphatic carbocycles. The molecule has 0 bridgehead atoms. The number of amidine groups is 2. The number of nitrogens with zero attached hydrogens (tertiary/aromatic N) is 6. The molecule has 0 saturated heterocycles. The third-order valence-electron chi connectivity index (χ3n) is 5.14. The van der Waals surface area contributed by atoms with Crippen molar-refractivity contribution in [2.24, 2.45) is 10.1 Å². The zero-order valence-electron chi connectivity index (χ0n) is 22.3. The second-order valence-corrected chi connectivity index (χ2v) is 7.56. The summed E-state index contributed by atoms with van der Waals surface area (Å²) in [6, 6.07) is 9.77. The lowest BCUT2D eigenvalue weighted by Gasteiger charge is -2.23. The van der Waals surface area contributed by atoms with Crippen LogP contribution >= 0.6 is 0 Å². The van der Waals surface area contributed by atoms with Gasteiger partial charge in [-0.15, -0.1) is 4.95 Å². The fraction of sp³-hybridized carbons (Fsp3) is 0.280. The first-order valence-electron chi connectivity index (χ1n) is 11.1. The van der Waals surface area contributed by atoms with Gasteiger partial charge in [-0.05, 0) is 36.4 Å². The summed E-state index contributed by atoms with van der Waals surface area (Å²) in [7, 11) is 8.76. The molecule has 0 aromatic heterocycles. The van der Waals surface area contributed by atoms with Crippen molar-refractivity contribution in [1.82, 2.24) is 20.9 Å². The summed E-state index contributed by atoms with van der Waals surface area (Å²) in [4.78, 5) is 32.2. The summed E-state index contributed by atoms with van der Waals surface area (Å²) >= 11 is 0. The number of hydrazine groups is 2. The fourth-order valence-electron chi connectivity index (χ4n) is 3.39. The molecule has 2 aromatic carbocycles. The molecule has 204 valence electrons. The Labute approximate surface area is 225 Å². The molecule has 2 N–H and O–H groups in total. The van der Waals surface area contributed by atoms with Crippen LogP contribution in [-0.2, 0) is 9.59 Å². The predicted molar refractivity (Wildman–Crippen MR) is 141 cm³/mol. The van der Waals surface area contributed by atoms with Crippen LogP contribution < -0.4 is 29.8 Å². The molecule has 14 heteroatoms. The Morgan fingerprint density at radius 2 is 1.33 bits per heavy atom. The van der Waals surface area contributed by atoms with Gasteiger partial charge in [-0.25, -0.2) is 0 Å². The van der Waals surface area contributed by atoms with Gasteiger partial charge < -0.3 is 18.9 Å². The van der Waals surface area contributed by atoms with E-state index >= 15 is 0 Å². The van der Waals surface area contributed by atoms with Crippen molar-refractivity contribution in [2.45, 2.75) is 6.42 Å². The molecule has 2 rings (SSSR count). The molecular weight excluding hydrogens is 508 g/mol. The van der Waals surface area contributed by atoms with Crippen molar-refractivity contribution in [3.05, 3.63) is 59.1 Å². The van der Waals surface area contributed by atoms with E-state index < -0.39 is 18.2 Å². The predicted octanol–water partition coefficient (Wildman–Crippen LogP) is 1.55. The highest BCUT2D eigenvalue weighted by Crippen LogP contribution is 2.26. The summed E-state index contributed by atoms with van der Waals surface area (Å²) < 4.78 is 21.1. The standard InChI is InChI=1S/C25H28N8O6/c1-27-29-25(19-13-17(37-5)9-11-21(19)39-7)33(3)31-23(35)14-22(34)30-32(2)24(28-15-26)18-12-16(36-4)8-10-20(18)38-6/h8-13H,14H2,2-7H3,(H,30,34)(H,31,35). The Morgan fingerprint density at radius 3 is 1.74 bits per heavy atom. The number of hydrogen-bond donors (Lipinski definition) is 2. The van der Waals surface area contributed by atoms with Gasteiger partial charge in [0.2, 0.25) is 23.8 Å². The lowest BCUT2D eigenvalue weighted by molar-refractivity contribution is -0.132. The Hall–Kier alpha value is -5.50. The van der Waals surface area contributed by atoms with Crippen LogP contribution in [0.15, 0.2) is 46.5 Å². The number of amides is 2. The minimum atomic E-state index is -0.710. The molecule has 2 amide bonds. The first-order chi connectivity index (χ1) is 18.7. The first kappa shape index (κ1) is 29.7. The maximum Gasteiger partial charge on any atom is 0.248 e. The summed E-state index contributed by atoms with van der Waals surface area (Å²) in [5.41, 5.74) is 5.75. The third kappa shape index (κ3) is 7.74. The third-order valence-corrected chi connectivity index (χ3v) is 5.14. The zero-order valence-corrected chi connectivity index (χ0v) is 22.3. The van der Waals surface area contributed by atoms with Crippen molar-refractivity contribution < 1.29 is 28.5 Å². The molecular formula is C25H28N8O6. The van der Waals surface area contributed by atoms with Crippen molar-refractivity contribution in [2.75, 3.05) is 42.5 Å². The van der Waals surface area contributed by atoms with E-state index in [0.29, 0.717) is 34.1 Å². The van der Waals surface area contributed by atoms with Gasteiger partial charge in [0.1, 0.15) is 34.5 Å². The lowest BCUT2D eigenvalue weighted by atomic mass is 10.1. The highest BCUT2D eigenvalue weighted by molar-refractivity contribution is 6.05. The van der Waals surface area contributed by atoms with Crippen molar-refractivity contribution in [3.8, 4) is 29.2 Å². The second-order valence-electron chi connectivity index (χ2n) is 7.56. The molecule has 0 unspecified atom stereocenters. The summed E-state index contributed by atoms with van der Waals surface area (Å²) in [6.07, 6.45) is 1.08. The number of aliphatic imine (C=N–C) groups is 1. The fourth-order valence-corrected chi connectivity index (χ4v) is 3.39. The molecule has 0 heterocycles. The van der Waals surface area contributed by atoms with Gasteiger partial charge in [0.05, 0.1) is 39.6 Å². The number of nitriles is 1. The molecule has 2 aromatic rings. The van der Waals surface area contributed by atoms with Crippen molar-refractivity contribution >= 4 is 23.5 Å². The van der Waals surface area contributed by atoms with E-state index in [1.807, 2.05) is 0 Å². The average molecular weight is 537 g/mol. The summed E-state index contributed by atoms with van der Waals surface area (Å²) in [5.74, 6) is 0.409. The van der Waals surface area contributed by atoms with Gasteiger partial charge >= 0.3 is 0 Å². The van der Waals surface area contributed by atoms with Crippen LogP contribution in [-0.4, -0.2) is 76.0 Å². The number of nitrogens with one attached hydrogen (secondary N) is 2. The number of rotatable bonds is 8. The Morgan fingerprint density at radius 1 is 0.872 bits per heavy atom. The van der Waals surface area contributed by atoms with Crippen LogP contribution in [0.1, 0.15) is 17.5 Å². The van der Waals surface area contributed by atoms with Gasteiger partial charge in [-0.2, -0.15) is 16.8 Å². The Kier molecular flexibility index (Phi) is 10.9. The van der Waals surface area contributed by atoms with E-state index in [1.54, 1.807) is 42.6 Å². The van der Waals surface area contributed by atoms with Gasteiger partial charge in [0.15, 0.2) is 5.84 Å². The molecule has 0 aliphatic rings. The SMILES string of the molecule is [C-]#[N+]N=C(c1cc(OC)ccc1OC)N(C)NC(=O)CC(=O)NN(C)C(=NC#N)c1cc(OC)ccc1OC. The van der Waals surface area contributed by atoms with E-state index in [0.717, 1.165) is 0 Å². The van der Waals surface area contributed by atoms with Crippen molar-refractivity contribution in [1.29, 1.82) is 5.26 Å². The Bertz CT molecular complexity index is 1240. The quantitative estimate of drug-likeness (QED) is 0.128.